The first-order valence-corrected chi connectivity index (χ1v) is 5.18. The van der Waals surface area contributed by atoms with Crippen molar-refractivity contribution in [3.8, 4) is 29.0 Å². The van der Waals surface area contributed by atoms with Crippen LogP contribution in [0.5, 0.6) is 0 Å². The summed E-state index contributed by atoms with van der Waals surface area (Å²) in [6.45, 7) is 0. The summed E-state index contributed by atoms with van der Waals surface area (Å²) in [7, 11) is 1.81. The highest BCUT2D eigenvalue weighted by Crippen LogP contribution is 2.21. The second-order valence-corrected chi connectivity index (χ2v) is 3.74. The zero-order chi connectivity index (χ0) is 12.5. The molecule has 18 heavy (non-hydrogen) atoms. The van der Waals surface area contributed by atoms with Crippen molar-refractivity contribution in [3.05, 3.63) is 30.2 Å². The second kappa shape index (κ2) is 3.85. The molecule has 0 fully saturated rings. The van der Waals surface area contributed by atoms with Gasteiger partial charge in [0.2, 0.25) is 5.82 Å². The highest BCUT2D eigenvalue weighted by atomic mass is 16.5. The molecule has 0 amide bonds. The molecule has 7 heteroatoms. The summed E-state index contributed by atoms with van der Waals surface area (Å²) in [4.78, 5) is 7.14. The third-order valence-electron chi connectivity index (χ3n) is 2.43. The molecule has 0 spiro atoms. The molecule has 0 aliphatic carbocycles. The SMILES string of the molecule is Cn1cc(-c2noc(-c3cc(C#N)c[nH]3)n2)cn1. The van der Waals surface area contributed by atoms with Crippen LogP contribution in [-0.2, 0) is 7.05 Å². The molecule has 0 saturated heterocycles. The van der Waals surface area contributed by atoms with E-state index in [1.807, 2.05) is 13.1 Å². The zero-order valence-electron chi connectivity index (χ0n) is 9.45. The molecule has 0 atom stereocenters. The van der Waals surface area contributed by atoms with Crippen molar-refractivity contribution in [3.63, 3.8) is 0 Å². The van der Waals surface area contributed by atoms with Crippen LogP contribution in [0.15, 0.2) is 29.2 Å². The maximum Gasteiger partial charge on any atom is 0.274 e. The van der Waals surface area contributed by atoms with E-state index in [0.717, 1.165) is 5.56 Å². The number of aromatic amines is 1. The van der Waals surface area contributed by atoms with E-state index in [9.17, 15) is 0 Å². The molecular weight excluding hydrogens is 232 g/mol. The van der Waals surface area contributed by atoms with Gasteiger partial charge in [-0.05, 0) is 6.07 Å². The van der Waals surface area contributed by atoms with Crippen molar-refractivity contribution in [1.29, 1.82) is 5.26 Å². The van der Waals surface area contributed by atoms with Crippen molar-refractivity contribution in [1.82, 2.24) is 24.9 Å². The number of hydrogen-bond donors (Lipinski definition) is 1. The van der Waals surface area contributed by atoms with E-state index in [1.54, 1.807) is 29.3 Å². The number of rotatable bonds is 2. The van der Waals surface area contributed by atoms with E-state index in [1.165, 1.54) is 0 Å². The predicted molar refractivity (Wildman–Crippen MR) is 61.0 cm³/mol. The molecule has 3 aromatic rings. The molecular formula is C11H8N6O. The van der Waals surface area contributed by atoms with E-state index < -0.39 is 0 Å². The fourth-order valence-corrected chi connectivity index (χ4v) is 1.57. The van der Waals surface area contributed by atoms with Gasteiger partial charge in [0.1, 0.15) is 11.8 Å². The van der Waals surface area contributed by atoms with E-state index in [0.29, 0.717) is 23.0 Å². The fourth-order valence-electron chi connectivity index (χ4n) is 1.57. The Morgan fingerprint density at radius 3 is 3.06 bits per heavy atom. The van der Waals surface area contributed by atoms with E-state index >= 15 is 0 Å². The van der Waals surface area contributed by atoms with Crippen LogP contribution in [-0.4, -0.2) is 24.9 Å². The number of hydrogen-bond acceptors (Lipinski definition) is 5. The number of aromatic nitrogens is 5. The molecule has 3 rings (SSSR count). The summed E-state index contributed by atoms with van der Waals surface area (Å²) in [5.74, 6) is 0.807. The summed E-state index contributed by atoms with van der Waals surface area (Å²) < 4.78 is 6.79. The van der Waals surface area contributed by atoms with Crippen LogP contribution in [0.3, 0.4) is 0 Å². The lowest BCUT2D eigenvalue weighted by Crippen LogP contribution is -1.84. The van der Waals surface area contributed by atoms with Gasteiger partial charge in [-0.2, -0.15) is 15.3 Å². The van der Waals surface area contributed by atoms with Gasteiger partial charge in [-0.3, -0.25) is 4.68 Å². The van der Waals surface area contributed by atoms with Crippen molar-refractivity contribution in [2.24, 2.45) is 7.05 Å². The minimum Gasteiger partial charge on any atom is -0.356 e. The van der Waals surface area contributed by atoms with Gasteiger partial charge in [0.25, 0.3) is 5.89 Å². The topological polar surface area (TPSA) is 96.3 Å². The Morgan fingerprint density at radius 2 is 2.39 bits per heavy atom. The number of nitrogens with zero attached hydrogens (tertiary/aromatic N) is 5. The summed E-state index contributed by atoms with van der Waals surface area (Å²) >= 11 is 0. The molecule has 0 saturated carbocycles. The molecule has 1 N–H and O–H groups in total. The fraction of sp³-hybridized carbons (Fsp3) is 0.0909. The lowest BCUT2D eigenvalue weighted by atomic mass is 10.3. The van der Waals surface area contributed by atoms with Crippen molar-refractivity contribution >= 4 is 0 Å². The molecule has 7 nitrogen and oxygen atoms in total. The quantitative estimate of drug-likeness (QED) is 0.729. The number of H-pyrrole nitrogens is 1. The van der Waals surface area contributed by atoms with Crippen molar-refractivity contribution in [2.45, 2.75) is 0 Å². The van der Waals surface area contributed by atoms with Crippen LogP contribution in [0.4, 0.5) is 0 Å². The molecule has 0 radical (unpaired) electrons. The van der Waals surface area contributed by atoms with E-state index in [-0.39, 0.29) is 0 Å². The minimum atomic E-state index is 0.343. The molecule has 0 aromatic carbocycles. The van der Waals surface area contributed by atoms with Crippen LogP contribution in [0.1, 0.15) is 5.56 Å². The second-order valence-electron chi connectivity index (χ2n) is 3.74. The highest BCUT2D eigenvalue weighted by molar-refractivity contribution is 5.57. The van der Waals surface area contributed by atoms with Crippen LogP contribution in [0, 0.1) is 11.3 Å². The van der Waals surface area contributed by atoms with Crippen molar-refractivity contribution in [2.75, 3.05) is 0 Å². The first-order valence-electron chi connectivity index (χ1n) is 5.18. The average molecular weight is 240 g/mol. The monoisotopic (exact) mass is 240 g/mol. The Morgan fingerprint density at radius 1 is 1.50 bits per heavy atom. The third kappa shape index (κ3) is 1.66. The number of nitriles is 1. The number of aryl methyl sites for hydroxylation is 1. The Bertz CT molecular complexity index is 729. The first kappa shape index (κ1) is 10.3. The summed E-state index contributed by atoms with van der Waals surface area (Å²) in [5.41, 5.74) is 1.92. The third-order valence-corrected chi connectivity index (χ3v) is 2.43. The molecule has 0 aliphatic rings. The predicted octanol–water partition coefficient (Wildman–Crippen LogP) is 1.34. The Hall–Kier alpha value is -2.88. The standard InChI is InChI=1S/C11H8N6O/c1-17-6-8(5-14-17)10-15-11(18-16-10)9-2-7(3-12)4-13-9/h2,4-6,13H,1H3. The summed E-state index contributed by atoms with van der Waals surface area (Å²) in [5, 5.41) is 16.6. The summed E-state index contributed by atoms with van der Waals surface area (Å²) in [6.07, 6.45) is 5.04. The van der Waals surface area contributed by atoms with Crippen LogP contribution in [0.2, 0.25) is 0 Å². The molecule has 88 valence electrons. The maximum atomic E-state index is 8.74. The lowest BCUT2D eigenvalue weighted by Gasteiger charge is -1.85. The lowest BCUT2D eigenvalue weighted by molar-refractivity contribution is 0.431. The van der Waals surface area contributed by atoms with Gasteiger partial charge in [-0.25, -0.2) is 0 Å². The minimum absolute atomic E-state index is 0.343. The Kier molecular flexibility index (Phi) is 2.20. The Labute approximate surface area is 102 Å². The van der Waals surface area contributed by atoms with Gasteiger partial charge >= 0.3 is 0 Å². The van der Waals surface area contributed by atoms with Gasteiger partial charge in [-0.15, -0.1) is 0 Å². The van der Waals surface area contributed by atoms with Crippen molar-refractivity contribution < 1.29 is 4.52 Å². The van der Waals surface area contributed by atoms with E-state index in [4.69, 9.17) is 9.78 Å². The number of nitrogens with one attached hydrogen (secondary N) is 1. The van der Waals surface area contributed by atoms with Gasteiger partial charge in [0.15, 0.2) is 0 Å². The first-order chi connectivity index (χ1) is 8.76. The average Bonchev–Trinajstić information content (AvgIpc) is 3.07. The van der Waals surface area contributed by atoms with Gasteiger partial charge in [0, 0.05) is 19.4 Å². The molecule has 0 aliphatic heterocycles. The maximum absolute atomic E-state index is 8.74. The van der Waals surface area contributed by atoms with Gasteiger partial charge < -0.3 is 9.51 Å². The van der Waals surface area contributed by atoms with Crippen LogP contribution in [0.25, 0.3) is 23.0 Å². The zero-order valence-corrected chi connectivity index (χ0v) is 9.45. The largest absolute Gasteiger partial charge is 0.356 e. The van der Waals surface area contributed by atoms with E-state index in [2.05, 4.69) is 20.2 Å². The highest BCUT2D eigenvalue weighted by Gasteiger charge is 2.13. The molecule has 3 heterocycles. The normalized spacial score (nSPS) is 10.4. The van der Waals surface area contributed by atoms with Crippen LogP contribution >= 0.6 is 0 Å². The smallest absolute Gasteiger partial charge is 0.274 e. The molecule has 0 bridgehead atoms. The molecule has 0 unspecified atom stereocenters. The van der Waals surface area contributed by atoms with Gasteiger partial charge in [0.05, 0.1) is 17.3 Å². The van der Waals surface area contributed by atoms with Gasteiger partial charge in [-0.1, -0.05) is 5.16 Å². The van der Waals surface area contributed by atoms with Crippen LogP contribution < -0.4 is 0 Å². The molecule has 3 aromatic heterocycles. The Balaban J connectivity index is 1.96. The summed E-state index contributed by atoms with van der Waals surface area (Å²) in [6, 6.07) is 3.68.